The molecule has 0 amide bonds. The zero-order chi connectivity index (χ0) is 9.78. The monoisotopic (exact) mass is 190 g/mol. The van der Waals surface area contributed by atoms with Gasteiger partial charge in [0.15, 0.2) is 0 Å². The molecule has 0 heterocycles. The number of hydrogen-bond donors (Lipinski definition) is 0. The first-order valence-electron chi connectivity index (χ1n) is 4.94. The lowest BCUT2D eigenvalue weighted by Gasteiger charge is -2.27. The SMILES string of the molecule is CC(CC[C@H](C)CCl)C(C)(C)C. The topological polar surface area (TPSA) is 0 Å². The van der Waals surface area contributed by atoms with E-state index in [0.717, 1.165) is 11.8 Å². The van der Waals surface area contributed by atoms with Crippen molar-refractivity contribution in [2.75, 3.05) is 5.88 Å². The van der Waals surface area contributed by atoms with Crippen LogP contribution >= 0.6 is 11.6 Å². The van der Waals surface area contributed by atoms with Gasteiger partial charge in [-0.2, -0.15) is 0 Å². The van der Waals surface area contributed by atoms with E-state index in [2.05, 4.69) is 34.6 Å². The predicted molar refractivity (Wildman–Crippen MR) is 57.7 cm³/mol. The summed E-state index contributed by atoms with van der Waals surface area (Å²) in [4.78, 5) is 0. The second-order valence-electron chi connectivity index (χ2n) is 5.10. The Morgan fingerprint density at radius 2 is 1.58 bits per heavy atom. The van der Waals surface area contributed by atoms with Crippen LogP contribution in [0.5, 0.6) is 0 Å². The Bertz CT molecular complexity index is 113. The van der Waals surface area contributed by atoms with Crippen molar-refractivity contribution in [3.8, 4) is 0 Å². The standard InChI is InChI=1S/C11H23Cl/c1-9(8-12)6-7-10(2)11(3,4)5/h9-10H,6-8H2,1-5H3/t9-,10?/m0/s1. The third kappa shape index (κ3) is 5.03. The van der Waals surface area contributed by atoms with Crippen LogP contribution in [0.1, 0.15) is 47.5 Å². The maximum atomic E-state index is 5.75. The van der Waals surface area contributed by atoms with Gasteiger partial charge in [-0.3, -0.25) is 0 Å². The summed E-state index contributed by atoms with van der Waals surface area (Å²) in [6.45, 7) is 11.5. The van der Waals surface area contributed by atoms with Crippen molar-refractivity contribution in [3.05, 3.63) is 0 Å². The molecule has 2 atom stereocenters. The number of halogens is 1. The Labute approximate surface area is 82.7 Å². The van der Waals surface area contributed by atoms with Gasteiger partial charge in [-0.05, 0) is 30.1 Å². The molecule has 0 rings (SSSR count). The molecule has 0 bridgehead atoms. The Morgan fingerprint density at radius 1 is 1.08 bits per heavy atom. The van der Waals surface area contributed by atoms with Crippen molar-refractivity contribution >= 4 is 11.6 Å². The molecule has 1 unspecified atom stereocenters. The molecule has 12 heavy (non-hydrogen) atoms. The first kappa shape index (κ1) is 12.3. The van der Waals surface area contributed by atoms with Crippen LogP contribution in [0.2, 0.25) is 0 Å². The number of alkyl halides is 1. The molecule has 0 nitrogen and oxygen atoms in total. The summed E-state index contributed by atoms with van der Waals surface area (Å²) < 4.78 is 0. The molecule has 0 aliphatic rings. The highest BCUT2D eigenvalue weighted by atomic mass is 35.5. The van der Waals surface area contributed by atoms with E-state index in [0.29, 0.717) is 11.3 Å². The van der Waals surface area contributed by atoms with Gasteiger partial charge in [0, 0.05) is 5.88 Å². The normalized spacial score (nSPS) is 17.5. The highest BCUT2D eigenvalue weighted by Gasteiger charge is 2.19. The third-order valence-corrected chi connectivity index (χ3v) is 3.36. The lowest BCUT2D eigenvalue weighted by Crippen LogP contribution is -2.18. The molecule has 0 spiro atoms. The second kappa shape index (κ2) is 5.11. The van der Waals surface area contributed by atoms with E-state index >= 15 is 0 Å². The van der Waals surface area contributed by atoms with Gasteiger partial charge >= 0.3 is 0 Å². The fraction of sp³-hybridized carbons (Fsp3) is 1.00. The molecule has 1 heteroatoms. The molecular weight excluding hydrogens is 168 g/mol. The largest absolute Gasteiger partial charge is 0.126 e. The van der Waals surface area contributed by atoms with Gasteiger partial charge in [0.05, 0.1) is 0 Å². The summed E-state index contributed by atoms with van der Waals surface area (Å²) in [5.41, 5.74) is 0.450. The van der Waals surface area contributed by atoms with E-state index in [9.17, 15) is 0 Å². The summed E-state index contributed by atoms with van der Waals surface area (Å²) >= 11 is 5.75. The Morgan fingerprint density at radius 3 is 1.92 bits per heavy atom. The van der Waals surface area contributed by atoms with Crippen LogP contribution in [-0.2, 0) is 0 Å². The van der Waals surface area contributed by atoms with Crippen LogP contribution in [0.25, 0.3) is 0 Å². The van der Waals surface area contributed by atoms with E-state index in [1.807, 2.05) is 0 Å². The molecule has 74 valence electrons. The molecule has 0 aromatic rings. The van der Waals surface area contributed by atoms with E-state index in [1.54, 1.807) is 0 Å². The quantitative estimate of drug-likeness (QED) is 0.580. The van der Waals surface area contributed by atoms with E-state index in [4.69, 9.17) is 11.6 Å². The Balaban J connectivity index is 3.64. The molecule has 0 fully saturated rings. The lowest BCUT2D eigenvalue weighted by molar-refractivity contribution is 0.235. The van der Waals surface area contributed by atoms with Gasteiger partial charge in [0.25, 0.3) is 0 Å². The Kier molecular flexibility index (Phi) is 5.24. The zero-order valence-corrected chi connectivity index (χ0v) is 9.91. The van der Waals surface area contributed by atoms with Crippen LogP contribution in [0.3, 0.4) is 0 Å². The second-order valence-corrected chi connectivity index (χ2v) is 5.41. The maximum absolute atomic E-state index is 5.75. The number of hydrogen-bond acceptors (Lipinski definition) is 0. The van der Waals surface area contributed by atoms with Gasteiger partial charge in [-0.25, -0.2) is 0 Å². The van der Waals surface area contributed by atoms with Crippen molar-refractivity contribution in [2.24, 2.45) is 17.3 Å². The predicted octanol–water partition coefficient (Wildman–Crippen LogP) is 4.32. The van der Waals surface area contributed by atoms with Crippen LogP contribution in [0, 0.1) is 17.3 Å². The molecule has 0 N–H and O–H groups in total. The highest BCUT2D eigenvalue weighted by molar-refractivity contribution is 6.18. The summed E-state index contributed by atoms with van der Waals surface area (Å²) in [7, 11) is 0. The first-order chi connectivity index (χ1) is 5.38. The molecule has 0 saturated heterocycles. The first-order valence-corrected chi connectivity index (χ1v) is 5.47. The molecule has 0 aliphatic carbocycles. The van der Waals surface area contributed by atoms with Crippen molar-refractivity contribution in [2.45, 2.75) is 47.5 Å². The maximum Gasteiger partial charge on any atom is 0.0249 e. The minimum Gasteiger partial charge on any atom is -0.126 e. The van der Waals surface area contributed by atoms with Crippen LogP contribution < -0.4 is 0 Å². The molecule has 0 aromatic carbocycles. The van der Waals surface area contributed by atoms with Crippen molar-refractivity contribution < 1.29 is 0 Å². The summed E-state index contributed by atoms with van der Waals surface area (Å²) in [5, 5.41) is 0. The van der Waals surface area contributed by atoms with Crippen molar-refractivity contribution in [1.29, 1.82) is 0 Å². The smallest absolute Gasteiger partial charge is 0.0249 e. The summed E-state index contributed by atoms with van der Waals surface area (Å²) in [5.74, 6) is 2.27. The lowest BCUT2D eigenvalue weighted by atomic mass is 9.78. The van der Waals surface area contributed by atoms with Gasteiger partial charge < -0.3 is 0 Å². The molecule has 0 aliphatic heterocycles. The van der Waals surface area contributed by atoms with Crippen LogP contribution in [0.4, 0.5) is 0 Å². The summed E-state index contributed by atoms with van der Waals surface area (Å²) in [6, 6.07) is 0. The van der Waals surface area contributed by atoms with Crippen LogP contribution in [0.15, 0.2) is 0 Å². The van der Waals surface area contributed by atoms with Crippen molar-refractivity contribution in [3.63, 3.8) is 0 Å². The fourth-order valence-electron chi connectivity index (χ4n) is 1.04. The minimum atomic E-state index is 0.450. The van der Waals surface area contributed by atoms with Crippen molar-refractivity contribution in [1.82, 2.24) is 0 Å². The zero-order valence-electron chi connectivity index (χ0n) is 9.15. The van der Waals surface area contributed by atoms with Crippen LogP contribution in [-0.4, -0.2) is 5.88 Å². The van der Waals surface area contributed by atoms with E-state index in [1.165, 1.54) is 12.8 Å². The molecular formula is C11H23Cl. The number of rotatable bonds is 4. The summed E-state index contributed by atoms with van der Waals surface area (Å²) in [6.07, 6.45) is 2.57. The van der Waals surface area contributed by atoms with Gasteiger partial charge in [-0.1, -0.05) is 34.6 Å². The van der Waals surface area contributed by atoms with E-state index < -0.39 is 0 Å². The molecule has 0 radical (unpaired) electrons. The van der Waals surface area contributed by atoms with E-state index in [-0.39, 0.29) is 0 Å². The molecule has 0 aromatic heterocycles. The van der Waals surface area contributed by atoms with Gasteiger partial charge in [-0.15, -0.1) is 11.6 Å². The highest BCUT2D eigenvalue weighted by Crippen LogP contribution is 2.30. The third-order valence-electron chi connectivity index (χ3n) is 2.83. The van der Waals surface area contributed by atoms with Gasteiger partial charge in [0.2, 0.25) is 0 Å². The molecule has 0 saturated carbocycles. The Hall–Kier alpha value is 0.290. The minimum absolute atomic E-state index is 0.450. The average molecular weight is 191 g/mol. The average Bonchev–Trinajstić information content (AvgIpc) is 1.97. The van der Waals surface area contributed by atoms with Gasteiger partial charge in [0.1, 0.15) is 0 Å². The fourth-order valence-corrected chi connectivity index (χ4v) is 1.20.